The van der Waals surface area contributed by atoms with Crippen molar-refractivity contribution in [2.75, 3.05) is 5.48 Å². The van der Waals surface area contributed by atoms with E-state index in [0.717, 1.165) is 18.5 Å². The van der Waals surface area contributed by atoms with E-state index in [9.17, 15) is 4.79 Å². The molecule has 0 aliphatic heterocycles. The molecule has 0 saturated carbocycles. The molecule has 0 spiro atoms. The lowest BCUT2D eigenvalue weighted by atomic mass is 10.1. The third-order valence-electron chi connectivity index (χ3n) is 2.79. The molecule has 3 heteroatoms. The summed E-state index contributed by atoms with van der Waals surface area (Å²) < 4.78 is 0. The van der Waals surface area contributed by atoms with Crippen LogP contribution in [0.4, 0.5) is 5.69 Å². The Balaban J connectivity index is 2.01. The van der Waals surface area contributed by atoms with Gasteiger partial charge in [-0.25, -0.2) is 10.3 Å². The van der Waals surface area contributed by atoms with Crippen LogP contribution in [-0.2, 0) is 9.63 Å². The molecule has 0 aromatic heterocycles. The number of para-hydroxylation sites is 1. The molecule has 1 rings (SSSR count). The van der Waals surface area contributed by atoms with Crippen LogP contribution < -0.4 is 5.48 Å². The molecule has 3 nitrogen and oxygen atoms in total. The van der Waals surface area contributed by atoms with Gasteiger partial charge in [-0.3, -0.25) is 0 Å². The summed E-state index contributed by atoms with van der Waals surface area (Å²) >= 11 is 0. The first-order chi connectivity index (χ1) is 8.83. The molecule has 100 valence electrons. The van der Waals surface area contributed by atoms with Gasteiger partial charge in [-0.1, -0.05) is 57.2 Å². The molecular weight excluding hydrogens is 226 g/mol. The Morgan fingerprint density at radius 2 is 1.72 bits per heavy atom. The van der Waals surface area contributed by atoms with Gasteiger partial charge < -0.3 is 4.84 Å². The number of hydrogen-bond acceptors (Lipinski definition) is 3. The van der Waals surface area contributed by atoms with Crippen molar-refractivity contribution in [2.24, 2.45) is 0 Å². The first-order valence-electron chi connectivity index (χ1n) is 6.83. The normalized spacial score (nSPS) is 10.1. The highest BCUT2D eigenvalue weighted by Crippen LogP contribution is 2.09. The van der Waals surface area contributed by atoms with Crippen LogP contribution in [0.2, 0.25) is 0 Å². The molecule has 0 saturated heterocycles. The van der Waals surface area contributed by atoms with Crippen LogP contribution in [0.5, 0.6) is 0 Å². The predicted molar refractivity (Wildman–Crippen MR) is 74.1 cm³/mol. The van der Waals surface area contributed by atoms with Gasteiger partial charge in [0.1, 0.15) is 0 Å². The maximum absolute atomic E-state index is 11.4. The Bertz CT molecular complexity index is 325. The van der Waals surface area contributed by atoms with Gasteiger partial charge in [0.2, 0.25) is 0 Å². The quantitative estimate of drug-likeness (QED) is 0.523. The van der Waals surface area contributed by atoms with Crippen molar-refractivity contribution in [1.82, 2.24) is 0 Å². The predicted octanol–water partition coefficient (Wildman–Crippen LogP) is 4.31. The molecule has 18 heavy (non-hydrogen) atoms. The van der Waals surface area contributed by atoms with Crippen LogP contribution in [0.3, 0.4) is 0 Å². The van der Waals surface area contributed by atoms with Gasteiger partial charge in [-0.15, -0.1) is 0 Å². The van der Waals surface area contributed by atoms with Crippen molar-refractivity contribution in [1.29, 1.82) is 0 Å². The smallest absolute Gasteiger partial charge is 0.332 e. The number of hydrogen-bond donors (Lipinski definition) is 1. The number of anilines is 1. The minimum atomic E-state index is -0.186. The Kier molecular flexibility index (Phi) is 7.69. The van der Waals surface area contributed by atoms with E-state index in [2.05, 4.69) is 12.4 Å². The van der Waals surface area contributed by atoms with Gasteiger partial charge in [-0.2, -0.15) is 0 Å². The Labute approximate surface area is 109 Å². The van der Waals surface area contributed by atoms with Crippen molar-refractivity contribution in [3.8, 4) is 0 Å². The summed E-state index contributed by atoms with van der Waals surface area (Å²) in [5, 5.41) is 0. The fourth-order valence-corrected chi connectivity index (χ4v) is 1.72. The molecule has 0 atom stereocenters. The molecule has 0 aliphatic rings. The number of rotatable bonds is 9. The summed E-state index contributed by atoms with van der Waals surface area (Å²) in [6.07, 6.45) is 7.55. The van der Waals surface area contributed by atoms with Gasteiger partial charge in [0, 0.05) is 6.42 Å². The second kappa shape index (κ2) is 9.51. The minimum absolute atomic E-state index is 0.186. The summed E-state index contributed by atoms with van der Waals surface area (Å²) in [7, 11) is 0. The molecule has 1 aromatic carbocycles. The fraction of sp³-hybridized carbons (Fsp3) is 0.533. The van der Waals surface area contributed by atoms with Crippen molar-refractivity contribution in [3.63, 3.8) is 0 Å². The third kappa shape index (κ3) is 6.94. The largest absolute Gasteiger partial charge is 0.343 e. The molecule has 0 heterocycles. The van der Waals surface area contributed by atoms with E-state index in [1.165, 1.54) is 25.7 Å². The van der Waals surface area contributed by atoms with Crippen LogP contribution in [-0.4, -0.2) is 5.97 Å². The first kappa shape index (κ1) is 14.6. The average Bonchev–Trinajstić information content (AvgIpc) is 2.41. The summed E-state index contributed by atoms with van der Waals surface area (Å²) in [6, 6.07) is 9.42. The lowest BCUT2D eigenvalue weighted by Crippen LogP contribution is -2.09. The van der Waals surface area contributed by atoms with Crippen molar-refractivity contribution >= 4 is 11.7 Å². The molecule has 0 unspecified atom stereocenters. The number of unbranched alkanes of at least 4 members (excludes halogenated alkanes) is 5. The molecule has 0 aliphatic carbocycles. The number of carbonyl (C=O) groups is 1. The van der Waals surface area contributed by atoms with Gasteiger partial charge >= 0.3 is 5.97 Å². The van der Waals surface area contributed by atoms with Crippen LogP contribution >= 0.6 is 0 Å². The van der Waals surface area contributed by atoms with E-state index in [4.69, 9.17) is 4.84 Å². The highest BCUT2D eigenvalue weighted by Gasteiger charge is 2.02. The summed E-state index contributed by atoms with van der Waals surface area (Å²) in [4.78, 5) is 16.4. The molecule has 1 N–H and O–H groups in total. The summed E-state index contributed by atoms with van der Waals surface area (Å²) in [6.45, 7) is 2.20. The van der Waals surface area contributed by atoms with Crippen LogP contribution in [0.25, 0.3) is 0 Å². The first-order valence-corrected chi connectivity index (χ1v) is 6.83. The zero-order valence-corrected chi connectivity index (χ0v) is 11.2. The van der Waals surface area contributed by atoms with Crippen molar-refractivity contribution in [3.05, 3.63) is 30.3 Å². The Morgan fingerprint density at radius 1 is 1.06 bits per heavy atom. The van der Waals surface area contributed by atoms with E-state index in [1.807, 2.05) is 30.3 Å². The van der Waals surface area contributed by atoms with Crippen molar-refractivity contribution in [2.45, 2.75) is 51.9 Å². The zero-order valence-electron chi connectivity index (χ0n) is 11.2. The topological polar surface area (TPSA) is 38.3 Å². The molecule has 0 amide bonds. The van der Waals surface area contributed by atoms with Gasteiger partial charge in [-0.05, 0) is 18.6 Å². The highest BCUT2D eigenvalue weighted by molar-refractivity contribution is 5.70. The molecule has 0 bridgehead atoms. The zero-order chi connectivity index (χ0) is 13.1. The Hall–Kier alpha value is -1.51. The van der Waals surface area contributed by atoms with E-state index >= 15 is 0 Å². The molecular formula is C15H23NO2. The lowest BCUT2D eigenvalue weighted by Gasteiger charge is -2.06. The summed E-state index contributed by atoms with van der Waals surface area (Å²) in [5.41, 5.74) is 3.46. The Morgan fingerprint density at radius 3 is 2.44 bits per heavy atom. The van der Waals surface area contributed by atoms with Crippen LogP contribution in [0.1, 0.15) is 51.9 Å². The van der Waals surface area contributed by atoms with Crippen LogP contribution in [0, 0.1) is 0 Å². The van der Waals surface area contributed by atoms with Crippen LogP contribution in [0.15, 0.2) is 30.3 Å². The lowest BCUT2D eigenvalue weighted by molar-refractivity contribution is -0.140. The number of benzene rings is 1. The van der Waals surface area contributed by atoms with E-state index in [-0.39, 0.29) is 5.97 Å². The van der Waals surface area contributed by atoms with Gasteiger partial charge in [0.15, 0.2) is 0 Å². The average molecular weight is 249 g/mol. The maximum Gasteiger partial charge on any atom is 0.332 e. The van der Waals surface area contributed by atoms with Gasteiger partial charge in [0.25, 0.3) is 0 Å². The van der Waals surface area contributed by atoms with E-state index in [0.29, 0.717) is 6.42 Å². The SMILES string of the molecule is CCCCCCCCC(=O)ONc1ccccc1. The number of carbonyl (C=O) groups excluding carboxylic acids is 1. The second-order valence-electron chi connectivity index (χ2n) is 4.46. The third-order valence-corrected chi connectivity index (χ3v) is 2.79. The minimum Gasteiger partial charge on any atom is -0.343 e. The molecule has 1 aromatic rings. The highest BCUT2D eigenvalue weighted by atomic mass is 16.7. The van der Waals surface area contributed by atoms with E-state index in [1.54, 1.807) is 0 Å². The monoisotopic (exact) mass is 249 g/mol. The van der Waals surface area contributed by atoms with Crippen molar-refractivity contribution < 1.29 is 9.63 Å². The second-order valence-corrected chi connectivity index (χ2v) is 4.46. The fourth-order valence-electron chi connectivity index (χ4n) is 1.72. The molecule has 0 fully saturated rings. The van der Waals surface area contributed by atoms with E-state index < -0.39 is 0 Å². The summed E-state index contributed by atoms with van der Waals surface area (Å²) in [5.74, 6) is -0.186. The number of nitrogens with one attached hydrogen (secondary N) is 1. The maximum atomic E-state index is 11.4. The standard InChI is InChI=1S/C15H23NO2/c1-2-3-4-5-6-10-13-15(17)18-16-14-11-8-7-9-12-14/h7-9,11-12,16H,2-6,10,13H2,1H3. The van der Waals surface area contributed by atoms with Gasteiger partial charge in [0.05, 0.1) is 5.69 Å². The molecule has 0 radical (unpaired) electrons.